The Morgan fingerprint density at radius 2 is 1.75 bits per heavy atom. The molecule has 150 valence electrons. The zero-order valence-electron chi connectivity index (χ0n) is 17.5. The zero-order chi connectivity index (χ0) is 19.3. The van der Waals surface area contributed by atoms with E-state index in [0.29, 0.717) is 6.04 Å². The second kappa shape index (κ2) is 8.93. The molecule has 0 amide bonds. The predicted octanol–water partition coefficient (Wildman–Crippen LogP) is 5.01. The summed E-state index contributed by atoms with van der Waals surface area (Å²) >= 11 is 0. The van der Waals surface area contributed by atoms with Gasteiger partial charge in [-0.05, 0) is 63.4 Å². The van der Waals surface area contributed by atoms with Crippen molar-refractivity contribution in [2.24, 2.45) is 5.92 Å². The molecule has 1 atom stereocenters. The van der Waals surface area contributed by atoms with Crippen LogP contribution in [-0.2, 0) is 6.42 Å². The fourth-order valence-corrected chi connectivity index (χ4v) is 4.83. The Kier molecular flexibility index (Phi) is 6.13. The van der Waals surface area contributed by atoms with E-state index >= 15 is 0 Å². The maximum absolute atomic E-state index is 5.03. The quantitative estimate of drug-likeness (QED) is 0.732. The number of anilines is 2. The molecule has 28 heavy (non-hydrogen) atoms. The van der Waals surface area contributed by atoms with Gasteiger partial charge in [0.25, 0.3) is 0 Å². The SMILES string of the molecule is CCC1CCCCN1c1nc(C)cc(N2CCC(Cc3ccccc3)CC2)n1. The van der Waals surface area contributed by atoms with Gasteiger partial charge >= 0.3 is 0 Å². The van der Waals surface area contributed by atoms with Gasteiger partial charge in [-0.2, -0.15) is 4.98 Å². The lowest BCUT2D eigenvalue weighted by atomic mass is 9.90. The van der Waals surface area contributed by atoms with E-state index in [1.807, 2.05) is 0 Å². The van der Waals surface area contributed by atoms with Crippen LogP contribution in [0, 0.1) is 12.8 Å². The molecular formula is C24H34N4. The number of nitrogens with zero attached hydrogens (tertiary/aromatic N) is 4. The Labute approximate surface area is 170 Å². The van der Waals surface area contributed by atoms with E-state index in [-0.39, 0.29) is 0 Å². The number of rotatable bonds is 5. The van der Waals surface area contributed by atoms with E-state index in [4.69, 9.17) is 9.97 Å². The molecule has 1 aromatic heterocycles. The van der Waals surface area contributed by atoms with Gasteiger partial charge in [0.05, 0.1) is 0 Å². The zero-order valence-corrected chi connectivity index (χ0v) is 17.5. The summed E-state index contributed by atoms with van der Waals surface area (Å²) in [5, 5.41) is 0. The molecule has 2 aliphatic rings. The van der Waals surface area contributed by atoms with E-state index in [2.05, 4.69) is 60.0 Å². The summed E-state index contributed by atoms with van der Waals surface area (Å²) in [7, 11) is 0. The fourth-order valence-electron chi connectivity index (χ4n) is 4.83. The first-order valence-electron chi connectivity index (χ1n) is 11.1. The topological polar surface area (TPSA) is 32.3 Å². The third-order valence-electron chi connectivity index (χ3n) is 6.49. The van der Waals surface area contributed by atoms with Crippen LogP contribution in [0.5, 0.6) is 0 Å². The highest BCUT2D eigenvalue weighted by Gasteiger charge is 2.25. The Hall–Kier alpha value is -2.10. The van der Waals surface area contributed by atoms with Crippen molar-refractivity contribution in [3.05, 3.63) is 47.7 Å². The Morgan fingerprint density at radius 3 is 2.50 bits per heavy atom. The van der Waals surface area contributed by atoms with Crippen molar-refractivity contribution in [3.8, 4) is 0 Å². The first-order valence-corrected chi connectivity index (χ1v) is 11.1. The van der Waals surface area contributed by atoms with Crippen molar-refractivity contribution in [1.29, 1.82) is 0 Å². The minimum absolute atomic E-state index is 0.597. The molecule has 1 aromatic carbocycles. The number of hydrogen-bond acceptors (Lipinski definition) is 4. The van der Waals surface area contributed by atoms with E-state index in [9.17, 15) is 0 Å². The third-order valence-corrected chi connectivity index (χ3v) is 6.49. The molecule has 2 aromatic rings. The molecule has 0 aliphatic carbocycles. The third kappa shape index (κ3) is 4.48. The summed E-state index contributed by atoms with van der Waals surface area (Å²) in [6.45, 7) is 7.70. The van der Waals surface area contributed by atoms with Crippen molar-refractivity contribution in [1.82, 2.24) is 9.97 Å². The Bertz CT molecular complexity index is 752. The van der Waals surface area contributed by atoms with E-state index < -0.39 is 0 Å². The van der Waals surface area contributed by atoms with Gasteiger partial charge in [-0.1, -0.05) is 37.3 Å². The van der Waals surface area contributed by atoms with Gasteiger partial charge in [-0.25, -0.2) is 4.98 Å². The number of aromatic nitrogens is 2. The molecule has 0 bridgehead atoms. The van der Waals surface area contributed by atoms with Gasteiger partial charge in [0.15, 0.2) is 0 Å². The van der Waals surface area contributed by atoms with Crippen LogP contribution >= 0.6 is 0 Å². The van der Waals surface area contributed by atoms with Gasteiger partial charge in [0.1, 0.15) is 5.82 Å². The van der Waals surface area contributed by atoms with Crippen LogP contribution in [0.3, 0.4) is 0 Å². The highest BCUT2D eigenvalue weighted by Crippen LogP contribution is 2.28. The summed E-state index contributed by atoms with van der Waals surface area (Å²) in [5.41, 5.74) is 2.56. The molecule has 0 saturated carbocycles. The summed E-state index contributed by atoms with van der Waals surface area (Å²) < 4.78 is 0. The van der Waals surface area contributed by atoms with Crippen LogP contribution in [0.2, 0.25) is 0 Å². The van der Waals surface area contributed by atoms with Gasteiger partial charge < -0.3 is 9.80 Å². The highest BCUT2D eigenvalue weighted by atomic mass is 15.3. The molecule has 2 saturated heterocycles. The number of hydrogen-bond donors (Lipinski definition) is 0. The smallest absolute Gasteiger partial charge is 0.227 e. The molecule has 4 heteroatoms. The fraction of sp³-hybridized carbons (Fsp3) is 0.583. The lowest BCUT2D eigenvalue weighted by molar-refractivity contribution is 0.401. The predicted molar refractivity (Wildman–Crippen MR) is 117 cm³/mol. The number of benzene rings is 1. The van der Waals surface area contributed by atoms with E-state index in [1.54, 1.807) is 0 Å². The second-order valence-corrected chi connectivity index (χ2v) is 8.54. The molecular weight excluding hydrogens is 344 g/mol. The lowest BCUT2D eigenvalue weighted by Crippen LogP contribution is -2.41. The maximum atomic E-state index is 5.03. The van der Waals surface area contributed by atoms with Crippen LogP contribution < -0.4 is 9.80 Å². The van der Waals surface area contributed by atoms with E-state index in [1.165, 1.54) is 50.5 Å². The van der Waals surface area contributed by atoms with Crippen molar-refractivity contribution in [3.63, 3.8) is 0 Å². The Morgan fingerprint density at radius 1 is 0.964 bits per heavy atom. The van der Waals surface area contributed by atoms with Crippen LogP contribution in [0.1, 0.15) is 56.7 Å². The average molecular weight is 379 g/mol. The first-order chi connectivity index (χ1) is 13.7. The maximum Gasteiger partial charge on any atom is 0.227 e. The standard InChI is InChI=1S/C24H34N4/c1-3-22-11-7-8-14-28(22)24-25-19(2)17-23(26-24)27-15-12-21(13-16-27)18-20-9-5-4-6-10-20/h4-6,9-10,17,21-22H,3,7-8,11-16,18H2,1-2H3. The highest BCUT2D eigenvalue weighted by molar-refractivity contribution is 5.47. The van der Waals surface area contributed by atoms with Crippen molar-refractivity contribution < 1.29 is 0 Å². The normalized spacial score (nSPS) is 21.1. The largest absolute Gasteiger partial charge is 0.356 e. The molecule has 1 unspecified atom stereocenters. The van der Waals surface area contributed by atoms with Gasteiger partial charge in [-0.3, -0.25) is 0 Å². The first kappa shape index (κ1) is 19.2. The van der Waals surface area contributed by atoms with Gasteiger partial charge in [-0.15, -0.1) is 0 Å². The number of piperidine rings is 2. The minimum Gasteiger partial charge on any atom is -0.356 e. The van der Waals surface area contributed by atoms with Crippen molar-refractivity contribution in [2.45, 2.75) is 64.8 Å². The van der Waals surface area contributed by atoms with Crippen LogP contribution in [-0.4, -0.2) is 35.6 Å². The Balaban J connectivity index is 1.43. The van der Waals surface area contributed by atoms with Crippen molar-refractivity contribution >= 4 is 11.8 Å². The average Bonchev–Trinajstić information content (AvgIpc) is 2.74. The van der Waals surface area contributed by atoms with Gasteiger partial charge in [0.2, 0.25) is 5.95 Å². The van der Waals surface area contributed by atoms with Crippen LogP contribution in [0.25, 0.3) is 0 Å². The minimum atomic E-state index is 0.597. The molecule has 2 fully saturated rings. The van der Waals surface area contributed by atoms with E-state index in [0.717, 1.165) is 43.0 Å². The molecule has 0 spiro atoms. The van der Waals surface area contributed by atoms with Gasteiger partial charge in [0, 0.05) is 37.4 Å². The summed E-state index contributed by atoms with van der Waals surface area (Å²) in [6, 6.07) is 13.7. The summed E-state index contributed by atoms with van der Waals surface area (Å²) in [4.78, 5) is 14.8. The summed E-state index contributed by atoms with van der Waals surface area (Å²) in [6.07, 6.45) is 8.74. The summed E-state index contributed by atoms with van der Waals surface area (Å²) in [5.74, 6) is 2.86. The second-order valence-electron chi connectivity index (χ2n) is 8.54. The molecule has 0 N–H and O–H groups in total. The van der Waals surface area contributed by atoms with Crippen LogP contribution in [0.4, 0.5) is 11.8 Å². The molecule has 4 nitrogen and oxygen atoms in total. The van der Waals surface area contributed by atoms with Crippen LogP contribution in [0.15, 0.2) is 36.4 Å². The molecule has 0 radical (unpaired) electrons. The molecule has 3 heterocycles. The lowest BCUT2D eigenvalue weighted by Gasteiger charge is -2.37. The van der Waals surface area contributed by atoms with Crippen molar-refractivity contribution in [2.75, 3.05) is 29.4 Å². The molecule has 4 rings (SSSR count). The monoisotopic (exact) mass is 378 g/mol. The number of aryl methyl sites for hydroxylation is 1. The molecule has 2 aliphatic heterocycles.